The van der Waals surface area contributed by atoms with Crippen LogP contribution in [0.1, 0.15) is 33.9 Å². The van der Waals surface area contributed by atoms with E-state index in [1.54, 1.807) is 0 Å². The average Bonchev–Trinajstić information content (AvgIpc) is 2.73. The quantitative estimate of drug-likeness (QED) is 0.525. The third-order valence-electron chi connectivity index (χ3n) is 5.87. The molecule has 0 amide bonds. The molecule has 1 atom stereocenters. The molecule has 0 saturated carbocycles. The van der Waals surface area contributed by atoms with Crippen LogP contribution in [0.15, 0.2) is 72.8 Å². The highest BCUT2D eigenvalue weighted by Gasteiger charge is 2.26. The minimum Gasteiger partial charge on any atom is -0.297 e. The lowest BCUT2D eigenvalue weighted by molar-refractivity contribution is 0.105. The van der Waals surface area contributed by atoms with E-state index in [-0.39, 0.29) is 6.04 Å². The molecule has 3 heteroatoms. The minimum atomic E-state index is 0.272. The Morgan fingerprint density at radius 3 is 2.24 bits per heavy atom. The van der Waals surface area contributed by atoms with E-state index in [2.05, 4.69) is 90.4 Å². The number of piperazine rings is 1. The zero-order chi connectivity index (χ0) is 20.2. The summed E-state index contributed by atoms with van der Waals surface area (Å²) in [6, 6.07) is 26.5. The molecular formula is C26H29ClN2. The SMILES string of the molecule is Cc1cccc(CN2CCN(C(c3ccccc3)c3ccc(Cl)c(C)c3)CC2)c1. The van der Waals surface area contributed by atoms with Gasteiger partial charge in [-0.2, -0.15) is 0 Å². The van der Waals surface area contributed by atoms with Gasteiger partial charge in [0.05, 0.1) is 6.04 Å². The van der Waals surface area contributed by atoms with Gasteiger partial charge in [-0.3, -0.25) is 9.80 Å². The number of rotatable bonds is 5. The standard InChI is InChI=1S/C26H29ClN2/c1-20-7-6-8-22(17-20)19-28-13-15-29(16-14-28)26(23-9-4-3-5-10-23)24-11-12-25(27)21(2)18-24/h3-12,17-18,26H,13-16,19H2,1-2H3. The van der Waals surface area contributed by atoms with Crippen LogP contribution in [0.4, 0.5) is 0 Å². The first-order valence-corrected chi connectivity index (χ1v) is 10.8. The summed E-state index contributed by atoms with van der Waals surface area (Å²) < 4.78 is 0. The molecule has 0 radical (unpaired) electrons. The molecule has 1 fully saturated rings. The Kier molecular flexibility index (Phi) is 6.34. The molecule has 0 spiro atoms. The van der Waals surface area contributed by atoms with E-state index in [1.165, 1.54) is 22.3 Å². The summed E-state index contributed by atoms with van der Waals surface area (Å²) in [5.41, 5.74) is 6.56. The number of benzene rings is 3. The maximum absolute atomic E-state index is 6.30. The van der Waals surface area contributed by atoms with Crippen LogP contribution in [0.5, 0.6) is 0 Å². The molecule has 4 rings (SSSR count). The first kappa shape index (κ1) is 20.2. The fourth-order valence-electron chi connectivity index (χ4n) is 4.34. The highest BCUT2D eigenvalue weighted by atomic mass is 35.5. The second kappa shape index (κ2) is 9.13. The third kappa shape index (κ3) is 4.90. The lowest BCUT2D eigenvalue weighted by Gasteiger charge is -2.40. The van der Waals surface area contributed by atoms with Gasteiger partial charge in [0.1, 0.15) is 0 Å². The summed E-state index contributed by atoms with van der Waals surface area (Å²) in [5.74, 6) is 0. The predicted molar refractivity (Wildman–Crippen MR) is 123 cm³/mol. The molecule has 3 aromatic rings. The van der Waals surface area contributed by atoms with Gasteiger partial charge in [0.15, 0.2) is 0 Å². The Hall–Kier alpha value is -2.13. The fraction of sp³-hybridized carbons (Fsp3) is 0.308. The van der Waals surface area contributed by atoms with Gasteiger partial charge < -0.3 is 0 Å². The van der Waals surface area contributed by atoms with Crippen molar-refractivity contribution in [3.05, 3.63) is 106 Å². The zero-order valence-electron chi connectivity index (χ0n) is 17.3. The number of nitrogens with zero attached hydrogens (tertiary/aromatic N) is 2. The molecule has 0 N–H and O–H groups in total. The number of halogens is 1. The van der Waals surface area contributed by atoms with E-state index >= 15 is 0 Å². The Balaban J connectivity index is 1.51. The summed E-state index contributed by atoms with van der Waals surface area (Å²) in [7, 11) is 0. The van der Waals surface area contributed by atoms with Gasteiger partial charge in [-0.1, -0.05) is 83.9 Å². The highest BCUT2D eigenvalue weighted by molar-refractivity contribution is 6.31. The van der Waals surface area contributed by atoms with Gasteiger partial charge in [0, 0.05) is 37.7 Å². The van der Waals surface area contributed by atoms with Crippen molar-refractivity contribution in [2.75, 3.05) is 26.2 Å². The molecule has 1 saturated heterocycles. The summed E-state index contributed by atoms with van der Waals surface area (Å²) in [6.07, 6.45) is 0. The second-order valence-electron chi connectivity index (χ2n) is 8.12. The average molecular weight is 405 g/mol. The second-order valence-corrected chi connectivity index (χ2v) is 8.53. The first-order valence-electron chi connectivity index (χ1n) is 10.4. The lowest BCUT2D eigenvalue weighted by Crippen LogP contribution is -2.47. The maximum atomic E-state index is 6.30. The van der Waals surface area contributed by atoms with Crippen LogP contribution in [0.2, 0.25) is 5.02 Å². The molecular weight excluding hydrogens is 376 g/mol. The van der Waals surface area contributed by atoms with Crippen molar-refractivity contribution in [3.63, 3.8) is 0 Å². The van der Waals surface area contributed by atoms with Crippen LogP contribution in [0.3, 0.4) is 0 Å². The molecule has 2 nitrogen and oxygen atoms in total. The zero-order valence-corrected chi connectivity index (χ0v) is 18.1. The Morgan fingerprint density at radius 2 is 1.55 bits per heavy atom. The van der Waals surface area contributed by atoms with Gasteiger partial charge in [-0.05, 0) is 42.2 Å². The van der Waals surface area contributed by atoms with Gasteiger partial charge in [0.2, 0.25) is 0 Å². The molecule has 1 aliphatic rings. The number of aryl methyl sites for hydroxylation is 2. The topological polar surface area (TPSA) is 6.48 Å². The van der Waals surface area contributed by atoms with Crippen molar-refractivity contribution in [2.45, 2.75) is 26.4 Å². The Bertz CT molecular complexity index is 946. The number of hydrogen-bond donors (Lipinski definition) is 0. The predicted octanol–water partition coefficient (Wildman–Crippen LogP) is 5.86. The van der Waals surface area contributed by atoms with E-state index in [0.29, 0.717) is 0 Å². The molecule has 0 aromatic heterocycles. The van der Waals surface area contributed by atoms with Crippen molar-refractivity contribution >= 4 is 11.6 Å². The summed E-state index contributed by atoms with van der Waals surface area (Å²) in [5, 5.41) is 0.837. The van der Waals surface area contributed by atoms with Gasteiger partial charge in [-0.25, -0.2) is 0 Å². The fourth-order valence-corrected chi connectivity index (χ4v) is 4.45. The van der Waals surface area contributed by atoms with E-state index in [9.17, 15) is 0 Å². The third-order valence-corrected chi connectivity index (χ3v) is 6.30. The maximum Gasteiger partial charge on any atom is 0.0602 e. The van der Waals surface area contributed by atoms with Crippen LogP contribution < -0.4 is 0 Å². The molecule has 3 aromatic carbocycles. The normalized spacial score (nSPS) is 16.7. The van der Waals surface area contributed by atoms with E-state index in [1.807, 2.05) is 6.07 Å². The van der Waals surface area contributed by atoms with Crippen molar-refractivity contribution in [3.8, 4) is 0 Å². The molecule has 1 aliphatic heterocycles. The van der Waals surface area contributed by atoms with Crippen molar-refractivity contribution in [2.24, 2.45) is 0 Å². The van der Waals surface area contributed by atoms with Crippen molar-refractivity contribution in [1.82, 2.24) is 9.80 Å². The highest BCUT2D eigenvalue weighted by Crippen LogP contribution is 2.31. The summed E-state index contributed by atoms with van der Waals surface area (Å²) in [6.45, 7) is 9.59. The molecule has 0 aliphatic carbocycles. The van der Waals surface area contributed by atoms with Crippen LogP contribution in [0.25, 0.3) is 0 Å². The van der Waals surface area contributed by atoms with E-state index in [4.69, 9.17) is 11.6 Å². The Morgan fingerprint density at radius 1 is 0.793 bits per heavy atom. The first-order chi connectivity index (χ1) is 14.1. The monoisotopic (exact) mass is 404 g/mol. The summed E-state index contributed by atoms with van der Waals surface area (Å²) in [4.78, 5) is 5.19. The lowest BCUT2D eigenvalue weighted by atomic mass is 9.95. The van der Waals surface area contributed by atoms with Crippen LogP contribution in [-0.2, 0) is 6.54 Å². The van der Waals surface area contributed by atoms with Crippen molar-refractivity contribution in [1.29, 1.82) is 0 Å². The largest absolute Gasteiger partial charge is 0.297 e. The number of hydrogen-bond acceptors (Lipinski definition) is 2. The van der Waals surface area contributed by atoms with Gasteiger partial charge in [-0.15, -0.1) is 0 Å². The van der Waals surface area contributed by atoms with Crippen molar-refractivity contribution < 1.29 is 0 Å². The van der Waals surface area contributed by atoms with E-state index < -0.39 is 0 Å². The van der Waals surface area contributed by atoms with E-state index in [0.717, 1.165) is 43.3 Å². The van der Waals surface area contributed by atoms with Crippen LogP contribution >= 0.6 is 11.6 Å². The van der Waals surface area contributed by atoms with Gasteiger partial charge in [0.25, 0.3) is 0 Å². The molecule has 0 bridgehead atoms. The molecule has 1 unspecified atom stereocenters. The molecule has 29 heavy (non-hydrogen) atoms. The summed E-state index contributed by atoms with van der Waals surface area (Å²) >= 11 is 6.30. The minimum absolute atomic E-state index is 0.272. The van der Waals surface area contributed by atoms with Crippen LogP contribution in [-0.4, -0.2) is 36.0 Å². The van der Waals surface area contributed by atoms with Gasteiger partial charge >= 0.3 is 0 Å². The smallest absolute Gasteiger partial charge is 0.0602 e. The Labute approximate surface area is 179 Å². The molecule has 150 valence electrons. The molecule has 1 heterocycles. The van der Waals surface area contributed by atoms with Crippen LogP contribution in [0, 0.1) is 13.8 Å².